The molecule has 0 unspecified atom stereocenters. The third-order valence-corrected chi connectivity index (χ3v) is 2.96. The van der Waals surface area contributed by atoms with Crippen molar-refractivity contribution in [1.29, 1.82) is 0 Å². The van der Waals surface area contributed by atoms with Crippen LogP contribution in [-0.2, 0) is 0 Å². The predicted molar refractivity (Wildman–Crippen MR) is 58.1 cm³/mol. The monoisotopic (exact) mass is 184 g/mol. The van der Waals surface area contributed by atoms with E-state index in [-0.39, 0.29) is 0 Å². The van der Waals surface area contributed by atoms with Crippen molar-refractivity contribution in [3.05, 3.63) is 47.5 Å². The molecule has 0 spiro atoms. The number of fused-ring (bicyclic) bond motifs is 3. The Balaban J connectivity index is 2.21. The van der Waals surface area contributed by atoms with Crippen LogP contribution in [0.3, 0.4) is 0 Å². The fraction of sp³-hybridized carbons (Fsp3) is 0.167. The summed E-state index contributed by atoms with van der Waals surface area (Å²) in [6.45, 7) is 0. The molecule has 2 aliphatic rings. The molecule has 0 atom stereocenters. The Hall–Kier alpha value is -1.38. The average Bonchev–Trinajstić information content (AvgIpc) is 2.12. The first-order valence-corrected chi connectivity index (χ1v) is 4.79. The molecule has 70 valence electrons. The van der Waals surface area contributed by atoms with Gasteiger partial charge in [-0.1, -0.05) is 36.4 Å². The highest BCUT2D eigenvalue weighted by atomic mass is 15.0. The molecule has 0 aromatic heterocycles. The van der Waals surface area contributed by atoms with Gasteiger partial charge in [0.1, 0.15) is 0 Å². The molecule has 3 rings (SSSR count). The van der Waals surface area contributed by atoms with E-state index in [1.807, 2.05) is 12.1 Å². The van der Waals surface area contributed by atoms with Crippen LogP contribution >= 0.6 is 0 Å². The van der Waals surface area contributed by atoms with Crippen molar-refractivity contribution in [1.82, 2.24) is 0 Å². The van der Waals surface area contributed by atoms with Gasteiger partial charge >= 0.3 is 0 Å². The number of hydrogen-bond donors (Lipinski definition) is 2. The summed E-state index contributed by atoms with van der Waals surface area (Å²) in [4.78, 5) is 0. The van der Waals surface area contributed by atoms with Gasteiger partial charge in [0.2, 0.25) is 0 Å². The molecule has 2 nitrogen and oxygen atoms in total. The van der Waals surface area contributed by atoms with Crippen LogP contribution in [0.1, 0.15) is 17.5 Å². The third-order valence-electron chi connectivity index (χ3n) is 2.96. The van der Waals surface area contributed by atoms with Crippen molar-refractivity contribution in [2.75, 3.05) is 0 Å². The van der Waals surface area contributed by atoms with E-state index in [0.29, 0.717) is 0 Å². The van der Waals surface area contributed by atoms with Crippen molar-refractivity contribution < 1.29 is 0 Å². The molecule has 0 heterocycles. The lowest BCUT2D eigenvalue weighted by Gasteiger charge is -2.39. The lowest BCUT2D eigenvalue weighted by Crippen LogP contribution is -2.52. The maximum absolute atomic E-state index is 6.05. The summed E-state index contributed by atoms with van der Waals surface area (Å²) in [7, 11) is 0. The zero-order valence-electron chi connectivity index (χ0n) is 7.83. The largest absolute Gasteiger partial charge is 0.309 e. The van der Waals surface area contributed by atoms with Crippen LogP contribution in [-0.4, -0.2) is 5.66 Å². The molecule has 0 aliphatic heterocycles. The summed E-state index contributed by atoms with van der Waals surface area (Å²) in [6, 6.07) is 8.26. The molecule has 4 N–H and O–H groups in total. The average molecular weight is 184 g/mol. The maximum Gasteiger partial charge on any atom is 0.0946 e. The molecule has 0 amide bonds. The van der Waals surface area contributed by atoms with E-state index in [4.69, 9.17) is 11.5 Å². The Morgan fingerprint density at radius 2 is 1.79 bits per heavy atom. The SMILES string of the molecule is NC1(N)CC=CC2=C1c1ccccc12. The first kappa shape index (κ1) is 7.97. The first-order valence-electron chi connectivity index (χ1n) is 4.79. The molecule has 0 radical (unpaired) electrons. The minimum absolute atomic E-state index is 0.668. The van der Waals surface area contributed by atoms with E-state index in [2.05, 4.69) is 24.3 Å². The minimum Gasteiger partial charge on any atom is -0.309 e. The molecule has 0 saturated carbocycles. The highest BCUT2D eigenvalue weighted by Crippen LogP contribution is 2.47. The number of hydrogen-bond acceptors (Lipinski definition) is 2. The summed E-state index contributed by atoms with van der Waals surface area (Å²) < 4.78 is 0. The highest BCUT2D eigenvalue weighted by molar-refractivity contribution is 6.11. The second-order valence-corrected chi connectivity index (χ2v) is 3.98. The molecule has 1 aromatic carbocycles. The highest BCUT2D eigenvalue weighted by Gasteiger charge is 2.37. The maximum atomic E-state index is 6.05. The summed E-state index contributed by atoms with van der Waals surface area (Å²) in [5, 5.41) is 0. The van der Waals surface area contributed by atoms with E-state index in [9.17, 15) is 0 Å². The Morgan fingerprint density at radius 3 is 2.57 bits per heavy atom. The third kappa shape index (κ3) is 0.820. The molecular formula is C12H12N2. The number of rotatable bonds is 0. The van der Waals surface area contributed by atoms with Gasteiger partial charge in [0, 0.05) is 12.0 Å². The van der Waals surface area contributed by atoms with Gasteiger partial charge in [-0.25, -0.2) is 0 Å². The predicted octanol–water partition coefficient (Wildman–Crippen LogP) is 1.48. The smallest absolute Gasteiger partial charge is 0.0946 e. The fourth-order valence-electron chi connectivity index (χ4n) is 2.30. The molecule has 2 aliphatic carbocycles. The molecule has 0 fully saturated rings. The van der Waals surface area contributed by atoms with Crippen molar-refractivity contribution in [2.24, 2.45) is 11.5 Å². The first-order chi connectivity index (χ1) is 6.70. The molecule has 2 heteroatoms. The second-order valence-electron chi connectivity index (χ2n) is 3.98. The Morgan fingerprint density at radius 1 is 1.07 bits per heavy atom. The zero-order valence-corrected chi connectivity index (χ0v) is 7.83. The van der Waals surface area contributed by atoms with Crippen LogP contribution < -0.4 is 11.5 Å². The van der Waals surface area contributed by atoms with E-state index in [0.717, 1.165) is 12.0 Å². The Kier molecular flexibility index (Phi) is 1.34. The van der Waals surface area contributed by atoms with Gasteiger partial charge in [-0.2, -0.15) is 0 Å². The lowest BCUT2D eigenvalue weighted by atomic mass is 9.71. The van der Waals surface area contributed by atoms with Crippen LogP contribution in [0.2, 0.25) is 0 Å². The van der Waals surface area contributed by atoms with Crippen molar-refractivity contribution in [2.45, 2.75) is 12.1 Å². The van der Waals surface area contributed by atoms with E-state index in [1.54, 1.807) is 0 Å². The van der Waals surface area contributed by atoms with E-state index >= 15 is 0 Å². The summed E-state index contributed by atoms with van der Waals surface area (Å²) in [5.41, 5.74) is 16.3. The van der Waals surface area contributed by atoms with Gasteiger partial charge in [0.05, 0.1) is 5.66 Å². The van der Waals surface area contributed by atoms with Crippen LogP contribution in [0, 0.1) is 0 Å². The van der Waals surface area contributed by atoms with Crippen LogP contribution in [0.5, 0.6) is 0 Å². The number of benzene rings is 1. The Bertz CT molecular complexity index is 467. The molecule has 14 heavy (non-hydrogen) atoms. The lowest BCUT2D eigenvalue weighted by molar-refractivity contribution is 0.575. The van der Waals surface area contributed by atoms with Gasteiger partial charge in [-0.15, -0.1) is 0 Å². The van der Waals surface area contributed by atoms with Gasteiger partial charge < -0.3 is 11.5 Å². The van der Waals surface area contributed by atoms with Crippen molar-refractivity contribution in [3.63, 3.8) is 0 Å². The minimum atomic E-state index is -0.668. The van der Waals surface area contributed by atoms with E-state index < -0.39 is 5.66 Å². The van der Waals surface area contributed by atoms with Gasteiger partial charge in [0.25, 0.3) is 0 Å². The molecule has 0 bridgehead atoms. The van der Waals surface area contributed by atoms with Gasteiger partial charge in [-0.3, -0.25) is 0 Å². The quantitative estimate of drug-likeness (QED) is 0.600. The molecule has 0 saturated heterocycles. The Labute approximate surface area is 82.9 Å². The normalized spacial score (nSPS) is 21.3. The van der Waals surface area contributed by atoms with Crippen LogP contribution in [0.4, 0.5) is 0 Å². The standard InChI is InChI=1S/C12H12N2/c13-12(14)7-3-6-10-8-4-1-2-5-9(8)11(10)12/h1-6H,7,13-14H2. The summed E-state index contributed by atoms with van der Waals surface area (Å²) in [5.74, 6) is 0. The summed E-state index contributed by atoms with van der Waals surface area (Å²) in [6.07, 6.45) is 4.89. The van der Waals surface area contributed by atoms with Crippen LogP contribution in [0.15, 0.2) is 36.4 Å². The topological polar surface area (TPSA) is 52.0 Å². The van der Waals surface area contributed by atoms with Crippen LogP contribution in [0.25, 0.3) is 11.1 Å². The molecule has 1 aromatic rings. The summed E-state index contributed by atoms with van der Waals surface area (Å²) >= 11 is 0. The molecular weight excluding hydrogens is 172 g/mol. The number of nitrogens with two attached hydrogens (primary N) is 2. The zero-order chi connectivity index (χ0) is 9.76. The van der Waals surface area contributed by atoms with Gasteiger partial charge in [0.15, 0.2) is 0 Å². The fourth-order valence-corrected chi connectivity index (χ4v) is 2.30. The second kappa shape index (κ2) is 2.35. The van der Waals surface area contributed by atoms with Gasteiger partial charge in [-0.05, 0) is 16.7 Å². The van der Waals surface area contributed by atoms with Crippen molar-refractivity contribution in [3.8, 4) is 0 Å². The van der Waals surface area contributed by atoms with Crippen molar-refractivity contribution >= 4 is 11.1 Å². The van der Waals surface area contributed by atoms with E-state index in [1.165, 1.54) is 16.7 Å². The number of allylic oxidation sites excluding steroid dienone is 2.